The van der Waals surface area contributed by atoms with Crippen molar-refractivity contribution in [2.45, 2.75) is 5.16 Å². The number of Topliss-reactive ketones (excluding diaryl/α,β-unsaturated/α-hetero) is 1. The smallest absolute Gasteiger partial charge is 0.209 e. The predicted molar refractivity (Wildman–Crippen MR) is 88.9 cm³/mol. The van der Waals surface area contributed by atoms with Crippen molar-refractivity contribution in [3.05, 3.63) is 51.8 Å². The van der Waals surface area contributed by atoms with Crippen LogP contribution in [0.2, 0.25) is 0 Å². The van der Waals surface area contributed by atoms with E-state index in [4.69, 9.17) is 0 Å². The molecule has 21 heavy (non-hydrogen) atoms. The van der Waals surface area contributed by atoms with Crippen molar-refractivity contribution in [1.82, 2.24) is 15.2 Å². The van der Waals surface area contributed by atoms with Gasteiger partial charge in [0, 0.05) is 10.0 Å². The molecule has 0 unspecified atom stereocenters. The second-order valence-electron chi connectivity index (χ2n) is 4.17. The summed E-state index contributed by atoms with van der Waals surface area (Å²) < 4.78 is 0.899. The Balaban J connectivity index is 1.64. The van der Waals surface area contributed by atoms with Gasteiger partial charge in [0.05, 0.1) is 10.6 Å². The molecule has 0 saturated carbocycles. The number of aromatic amines is 1. The van der Waals surface area contributed by atoms with Crippen molar-refractivity contribution in [3.63, 3.8) is 0 Å². The lowest BCUT2D eigenvalue weighted by molar-refractivity contribution is 0.102. The lowest BCUT2D eigenvalue weighted by Crippen LogP contribution is -2.02. The normalized spacial score (nSPS) is 10.7. The maximum Gasteiger partial charge on any atom is 0.209 e. The predicted octanol–water partition coefficient (Wildman–Crippen LogP) is 4.27. The van der Waals surface area contributed by atoms with E-state index in [1.165, 1.54) is 11.8 Å². The average molecular weight is 380 g/mol. The minimum absolute atomic E-state index is 0.0590. The molecule has 0 amide bonds. The quantitative estimate of drug-likeness (QED) is 0.531. The van der Waals surface area contributed by atoms with Gasteiger partial charge in [0.1, 0.15) is 0 Å². The van der Waals surface area contributed by atoms with Crippen LogP contribution in [0.3, 0.4) is 0 Å². The molecule has 2 aromatic heterocycles. The molecule has 0 aliphatic heterocycles. The van der Waals surface area contributed by atoms with Crippen LogP contribution in [0.5, 0.6) is 0 Å². The van der Waals surface area contributed by atoms with Gasteiger partial charge in [0.15, 0.2) is 11.6 Å². The zero-order valence-corrected chi connectivity index (χ0v) is 14.0. The van der Waals surface area contributed by atoms with Crippen LogP contribution >= 0.6 is 39.0 Å². The van der Waals surface area contributed by atoms with Gasteiger partial charge < -0.3 is 0 Å². The number of ketones is 1. The number of carbonyl (C=O) groups is 1. The number of H-pyrrole nitrogens is 1. The van der Waals surface area contributed by atoms with Crippen molar-refractivity contribution < 1.29 is 4.79 Å². The summed E-state index contributed by atoms with van der Waals surface area (Å²) in [6, 6.07) is 11.3. The van der Waals surface area contributed by atoms with Crippen LogP contribution in [0.15, 0.2) is 51.4 Å². The lowest BCUT2D eigenvalue weighted by atomic mass is 10.2. The third-order valence-electron chi connectivity index (χ3n) is 2.70. The van der Waals surface area contributed by atoms with Crippen molar-refractivity contribution in [1.29, 1.82) is 0 Å². The van der Waals surface area contributed by atoms with Crippen molar-refractivity contribution in [2.75, 3.05) is 5.75 Å². The fraction of sp³-hybridized carbons (Fsp3) is 0.0714. The first-order chi connectivity index (χ1) is 10.2. The zero-order valence-electron chi connectivity index (χ0n) is 10.7. The summed E-state index contributed by atoms with van der Waals surface area (Å²) in [5.74, 6) is 1.12. The minimum Gasteiger partial charge on any atom is -0.293 e. The number of halogens is 1. The number of aromatic nitrogens is 3. The first-order valence-corrected chi connectivity index (χ1v) is 8.76. The molecule has 1 N–H and O–H groups in total. The van der Waals surface area contributed by atoms with Gasteiger partial charge >= 0.3 is 0 Å². The van der Waals surface area contributed by atoms with E-state index in [9.17, 15) is 4.79 Å². The Labute approximate surface area is 138 Å². The molecule has 0 atom stereocenters. The van der Waals surface area contributed by atoms with Crippen molar-refractivity contribution >= 4 is 44.8 Å². The molecule has 1 aromatic carbocycles. The highest BCUT2D eigenvalue weighted by atomic mass is 79.9. The van der Waals surface area contributed by atoms with Crippen LogP contribution in [-0.2, 0) is 0 Å². The molecule has 7 heteroatoms. The Kier molecular flexibility index (Phi) is 4.52. The third kappa shape index (κ3) is 3.61. The van der Waals surface area contributed by atoms with E-state index in [2.05, 4.69) is 31.1 Å². The Bertz CT molecular complexity index is 755. The molecule has 0 radical (unpaired) electrons. The van der Waals surface area contributed by atoms with Gasteiger partial charge in [0.25, 0.3) is 0 Å². The van der Waals surface area contributed by atoms with E-state index in [1.807, 2.05) is 41.8 Å². The summed E-state index contributed by atoms with van der Waals surface area (Å²) in [4.78, 5) is 17.5. The molecule has 0 spiro atoms. The fourth-order valence-electron chi connectivity index (χ4n) is 1.71. The van der Waals surface area contributed by atoms with E-state index in [0.29, 0.717) is 16.5 Å². The van der Waals surface area contributed by atoms with Gasteiger partial charge in [0.2, 0.25) is 5.16 Å². The molecule has 0 saturated heterocycles. The number of carbonyl (C=O) groups excluding carboxylic acids is 1. The number of nitrogens with zero attached hydrogens (tertiary/aromatic N) is 2. The molecule has 3 rings (SSSR count). The SMILES string of the molecule is O=C(CSc1n[nH]c(-c2cccs2)n1)c1cccc(Br)c1. The highest BCUT2D eigenvalue weighted by Gasteiger charge is 2.11. The van der Waals surface area contributed by atoms with Crippen LogP contribution in [0.1, 0.15) is 10.4 Å². The topological polar surface area (TPSA) is 58.6 Å². The molecule has 4 nitrogen and oxygen atoms in total. The van der Waals surface area contributed by atoms with Crippen molar-refractivity contribution in [3.8, 4) is 10.7 Å². The van der Waals surface area contributed by atoms with Gasteiger partial charge in [-0.2, -0.15) is 0 Å². The number of thioether (sulfide) groups is 1. The average Bonchev–Trinajstić information content (AvgIpc) is 3.15. The third-order valence-corrected chi connectivity index (χ3v) is 4.92. The largest absolute Gasteiger partial charge is 0.293 e. The Morgan fingerprint density at radius 3 is 3.00 bits per heavy atom. The first-order valence-electron chi connectivity index (χ1n) is 6.10. The fourth-order valence-corrected chi connectivity index (χ4v) is 3.47. The highest BCUT2D eigenvalue weighted by Crippen LogP contribution is 2.23. The monoisotopic (exact) mass is 379 g/mol. The first kappa shape index (κ1) is 14.5. The Hall–Kier alpha value is -1.44. The van der Waals surface area contributed by atoms with E-state index in [1.54, 1.807) is 11.3 Å². The second kappa shape index (κ2) is 6.55. The van der Waals surface area contributed by atoms with Gasteiger partial charge in [-0.15, -0.1) is 16.4 Å². The summed E-state index contributed by atoms with van der Waals surface area (Å²) in [7, 11) is 0. The number of thiophene rings is 1. The number of hydrogen-bond acceptors (Lipinski definition) is 5. The zero-order chi connectivity index (χ0) is 14.7. The molecular weight excluding hydrogens is 370 g/mol. The van der Waals surface area contributed by atoms with E-state index in [-0.39, 0.29) is 5.78 Å². The summed E-state index contributed by atoms with van der Waals surface area (Å²) in [6.45, 7) is 0. The van der Waals surface area contributed by atoms with Crippen molar-refractivity contribution in [2.24, 2.45) is 0 Å². The minimum atomic E-state index is 0.0590. The van der Waals surface area contributed by atoms with Crippen LogP contribution in [0.25, 0.3) is 10.7 Å². The van der Waals surface area contributed by atoms with Crippen LogP contribution < -0.4 is 0 Å². The van der Waals surface area contributed by atoms with E-state index < -0.39 is 0 Å². The van der Waals surface area contributed by atoms with Crippen LogP contribution in [0.4, 0.5) is 0 Å². The number of benzene rings is 1. The maximum atomic E-state index is 12.1. The van der Waals surface area contributed by atoms with Gasteiger partial charge in [-0.1, -0.05) is 45.9 Å². The highest BCUT2D eigenvalue weighted by molar-refractivity contribution is 9.10. The molecule has 106 valence electrons. The Morgan fingerprint density at radius 1 is 1.33 bits per heavy atom. The summed E-state index contributed by atoms with van der Waals surface area (Å²) in [6.07, 6.45) is 0. The molecular formula is C14H10BrN3OS2. The number of nitrogens with one attached hydrogen (secondary N) is 1. The van der Waals surface area contributed by atoms with Crippen LogP contribution in [0, 0.1) is 0 Å². The number of rotatable bonds is 5. The van der Waals surface area contributed by atoms with E-state index in [0.717, 1.165) is 15.2 Å². The summed E-state index contributed by atoms with van der Waals surface area (Å²) >= 11 is 6.29. The molecule has 2 heterocycles. The van der Waals surface area contributed by atoms with E-state index >= 15 is 0 Å². The summed E-state index contributed by atoms with van der Waals surface area (Å²) in [5, 5.41) is 9.59. The Morgan fingerprint density at radius 2 is 2.24 bits per heavy atom. The van der Waals surface area contributed by atoms with Gasteiger partial charge in [-0.25, -0.2) is 4.98 Å². The molecule has 0 aliphatic rings. The molecule has 0 bridgehead atoms. The molecule has 0 fully saturated rings. The van der Waals surface area contributed by atoms with Gasteiger partial charge in [-0.05, 0) is 23.6 Å². The summed E-state index contributed by atoms with van der Waals surface area (Å²) in [5.41, 5.74) is 0.686. The maximum absolute atomic E-state index is 12.1. The standard InChI is InChI=1S/C14H10BrN3OS2/c15-10-4-1-3-9(7-10)11(19)8-21-14-16-13(17-18-14)12-5-2-6-20-12/h1-7H,8H2,(H,16,17,18). The van der Waals surface area contributed by atoms with Crippen LogP contribution in [-0.4, -0.2) is 26.7 Å². The molecule has 3 aromatic rings. The van der Waals surface area contributed by atoms with Gasteiger partial charge in [-0.3, -0.25) is 9.89 Å². The second-order valence-corrected chi connectivity index (χ2v) is 6.97. The molecule has 0 aliphatic carbocycles. The number of hydrogen-bond donors (Lipinski definition) is 1. The lowest BCUT2D eigenvalue weighted by Gasteiger charge is -1.99.